The molecule has 0 saturated carbocycles. The number of nitrogens with one attached hydrogen (secondary N) is 2. The highest BCUT2D eigenvalue weighted by Gasteiger charge is 2.14. The van der Waals surface area contributed by atoms with Gasteiger partial charge in [-0.2, -0.15) is 4.99 Å². The summed E-state index contributed by atoms with van der Waals surface area (Å²) >= 11 is 4.82. The van der Waals surface area contributed by atoms with Gasteiger partial charge in [0.15, 0.2) is 5.75 Å². The van der Waals surface area contributed by atoms with Gasteiger partial charge in [-0.3, -0.25) is 9.59 Å². The number of benzene rings is 2. The van der Waals surface area contributed by atoms with E-state index in [1.54, 1.807) is 24.3 Å². The molecular weight excluding hydrogens is 344 g/mol. The maximum absolute atomic E-state index is 12.3. The molecule has 2 rings (SSSR count). The molecular formula is C16H14N4O4S. The first kappa shape index (κ1) is 17.9. The second-order valence-electron chi connectivity index (χ2n) is 4.59. The molecule has 2 aromatic rings. The van der Waals surface area contributed by atoms with E-state index in [0.29, 0.717) is 17.8 Å². The van der Waals surface area contributed by atoms with E-state index in [9.17, 15) is 14.7 Å². The molecule has 0 aliphatic heterocycles. The lowest BCUT2D eigenvalue weighted by Crippen LogP contribution is -2.12. The third kappa shape index (κ3) is 4.75. The van der Waals surface area contributed by atoms with Crippen LogP contribution in [0.3, 0.4) is 0 Å². The molecule has 0 bridgehead atoms. The number of phenols is 1. The summed E-state index contributed by atoms with van der Waals surface area (Å²) in [6.45, 7) is 0. The lowest BCUT2D eigenvalue weighted by molar-refractivity contribution is -0.105. The van der Waals surface area contributed by atoms with Gasteiger partial charge < -0.3 is 26.2 Å². The Kier molecular flexibility index (Phi) is 6.02. The average Bonchev–Trinajstić information content (AvgIpc) is 2.59. The number of nitrogens with two attached hydrogens (primary N) is 1. The molecule has 8 nitrogen and oxygen atoms in total. The molecule has 2 aromatic carbocycles. The van der Waals surface area contributed by atoms with Gasteiger partial charge in [0, 0.05) is 5.69 Å². The van der Waals surface area contributed by atoms with Crippen LogP contribution in [0.1, 0.15) is 10.4 Å². The Bertz CT molecular complexity index is 821. The molecule has 9 heteroatoms. The minimum atomic E-state index is -0.538. The van der Waals surface area contributed by atoms with Crippen LogP contribution in [0.25, 0.3) is 0 Å². The van der Waals surface area contributed by atoms with Crippen molar-refractivity contribution in [3.63, 3.8) is 0 Å². The summed E-state index contributed by atoms with van der Waals surface area (Å²) in [4.78, 5) is 26.4. The number of hydrogen-bond acceptors (Lipinski definition) is 5. The molecule has 0 aromatic heterocycles. The molecule has 128 valence electrons. The summed E-state index contributed by atoms with van der Waals surface area (Å²) in [5, 5.41) is 14.9. The van der Waals surface area contributed by atoms with Gasteiger partial charge >= 0.3 is 0 Å². The monoisotopic (exact) mass is 358 g/mol. The van der Waals surface area contributed by atoms with Crippen molar-refractivity contribution in [1.29, 1.82) is 0 Å². The van der Waals surface area contributed by atoms with Crippen LogP contribution >= 0.6 is 12.2 Å². The summed E-state index contributed by atoms with van der Waals surface area (Å²) in [5.74, 6) is -0.436. The highest BCUT2D eigenvalue weighted by atomic mass is 32.1. The van der Waals surface area contributed by atoms with Crippen molar-refractivity contribution in [1.82, 2.24) is 0 Å². The van der Waals surface area contributed by atoms with Crippen LogP contribution in [0.2, 0.25) is 0 Å². The van der Waals surface area contributed by atoms with Crippen molar-refractivity contribution in [2.24, 2.45) is 10.7 Å². The zero-order valence-corrected chi connectivity index (χ0v) is 13.6. The van der Waals surface area contributed by atoms with Crippen LogP contribution < -0.4 is 21.1 Å². The number of thiocarbonyl (C=S) groups is 1. The number of hydrogen-bond donors (Lipinski definition) is 4. The Morgan fingerprint density at radius 1 is 1.24 bits per heavy atom. The summed E-state index contributed by atoms with van der Waals surface area (Å²) in [7, 11) is 0. The van der Waals surface area contributed by atoms with Crippen LogP contribution in [0, 0.1) is 0 Å². The number of anilines is 2. The van der Waals surface area contributed by atoms with E-state index >= 15 is 0 Å². The maximum atomic E-state index is 12.3. The van der Waals surface area contributed by atoms with Gasteiger partial charge in [0.25, 0.3) is 11.1 Å². The highest BCUT2D eigenvalue weighted by molar-refractivity contribution is 7.80. The third-order valence-electron chi connectivity index (χ3n) is 2.99. The SMILES string of the molecule is N/C=N\C(=S)Oc1ccc(NC(=O)c2cccc(NC=O)c2O)cc1. The molecule has 0 unspecified atom stereocenters. The Balaban J connectivity index is 2.09. The van der Waals surface area contributed by atoms with Crippen molar-refractivity contribution in [2.45, 2.75) is 0 Å². The van der Waals surface area contributed by atoms with Gasteiger partial charge in [-0.1, -0.05) is 6.07 Å². The number of rotatable bonds is 5. The van der Waals surface area contributed by atoms with Gasteiger partial charge in [0.1, 0.15) is 5.75 Å². The number of phenolic OH excluding ortho intramolecular Hbond substituents is 1. The van der Waals surface area contributed by atoms with Gasteiger partial charge in [-0.15, -0.1) is 0 Å². The quantitative estimate of drug-likeness (QED) is 0.212. The summed E-state index contributed by atoms with van der Waals surface area (Å²) in [6.07, 6.45) is 1.44. The van der Waals surface area contributed by atoms with Crippen LogP contribution in [0.4, 0.5) is 11.4 Å². The van der Waals surface area contributed by atoms with E-state index in [4.69, 9.17) is 22.7 Å². The molecule has 0 aliphatic rings. The van der Waals surface area contributed by atoms with Crippen LogP contribution in [0.15, 0.2) is 47.5 Å². The molecule has 0 aliphatic carbocycles. The number of para-hydroxylation sites is 1. The summed E-state index contributed by atoms with van der Waals surface area (Å²) in [5.41, 5.74) is 5.74. The van der Waals surface area contributed by atoms with Gasteiger partial charge in [0.05, 0.1) is 17.6 Å². The molecule has 25 heavy (non-hydrogen) atoms. The second kappa shape index (κ2) is 8.41. The molecule has 0 atom stereocenters. The van der Waals surface area contributed by atoms with E-state index in [1.165, 1.54) is 18.2 Å². The van der Waals surface area contributed by atoms with Crippen molar-refractivity contribution in [3.05, 3.63) is 48.0 Å². The number of nitrogens with zero attached hydrogens (tertiary/aromatic N) is 1. The topological polar surface area (TPSA) is 126 Å². The van der Waals surface area contributed by atoms with E-state index in [0.717, 1.165) is 6.34 Å². The number of amides is 2. The molecule has 0 spiro atoms. The largest absolute Gasteiger partial charge is 0.505 e. The van der Waals surface area contributed by atoms with Crippen molar-refractivity contribution in [3.8, 4) is 11.5 Å². The molecule has 0 heterocycles. The van der Waals surface area contributed by atoms with Crippen molar-refractivity contribution in [2.75, 3.05) is 10.6 Å². The minimum Gasteiger partial charge on any atom is -0.505 e. The number of aromatic hydroxyl groups is 1. The molecule has 0 radical (unpaired) electrons. The Morgan fingerprint density at radius 2 is 1.96 bits per heavy atom. The van der Waals surface area contributed by atoms with Crippen molar-refractivity contribution >= 4 is 47.4 Å². The van der Waals surface area contributed by atoms with Gasteiger partial charge in [-0.25, -0.2) is 0 Å². The van der Waals surface area contributed by atoms with E-state index in [1.807, 2.05) is 0 Å². The zero-order chi connectivity index (χ0) is 18.2. The zero-order valence-electron chi connectivity index (χ0n) is 12.8. The Labute approximate surface area is 148 Å². The minimum absolute atomic E-state index is 0.0191. The fourth-order valence-electron chi connectivity index (χ4n) is 1.90. The molecule has 0 saturated heterocycles. The molecule has 5 N–H and O–H groups in total. The Hall–Kier alpha value is -3.46. The fourth-order valence-corrected chi connectivity index (χ4v) is 2.06. The first-order chi connectivity index (χ1) is 12.0. The van der Waals surface area contributed by atoms with Gasteiger partial charge in [-0.05, 0) is 48.6 Å². The summed E-state index contributed by atoms with van der Waals surface area (Å²) in [6, 6.07) is 10.8. The average molecular weight is 358 g/mol. The maximum Gasteiger partial charge on any atom is 0.290 e. The summed E-state index contributed by atoms with van der Waals surface area (Å²) < 4.78 is 5.22. The second-order valence-corrected chi connectivity index (χ2v) is 4.94. The number of carbonyl (C=O) groups is 2. The predicted molar refractivity (Wildman–Crippen MR) is 98.1 cm³/mol. The third-order valence-corrected chi connectivity index (χ3v) is 3.18. The van der Waals surface area contributed by atoms with Gasteiger partial charge in [0.2, 0.25) is 6.41 Å². The van der Waals surface area contributed by atoms with Crippen LogP contribution in [-0.2, 0) is 4.79 Å². The van der Waals surface area contributed by atoms with E-state index in [2.05, 4.69) is 15.6 Å². The number of ether oxygens (including phenoxy) is 1. The van der Waals surface area contributed by atoms with Crippen LogP contribution in [-0.4, -0.2) is 28.9 Å². The highest BCUT2D eigenvalue weighted by Crippen LogP contribution is 2.28. The Morgan fingerprint density at radius 3 is 2.60 bits per heavy atom. The standard InChI is InChI=1S/C16H14N4O4S/c17-8-18-16(25)24-11-6-4-10(5-7-11)20-15(23)12-2-1-3-13(14(12)22)19-9-21/h1-9,22H,(H,19,21)(H,20,23)(H2,17,18,25). The fraction of sp³-hybridized carbons (Fsp3) is 0. The molecule has 2 amide bonds. The van der Waals surface area contributed by atoms with Crippen LogP contribution in [0.5, 0.6) is 11.5 Å². The van der Waals surface area contributed by atoms with E-state index < -0.39 is 5.91 Å². The smallest absolute Gasteiger partial charge is 0.290 e. The first-order valence-corrected chi connectivity index (χ1v) is 7.35. The normalized spacial score (nSPS) is 10.2. The lowest BCUT2D eigenvalue weighted by Gasteiger charge is -2.10. The number of aliphatic imine (C=N–C) groups is 1. The predicted octanol–water partition coefficient (Wildman–Crippen LogP) is 1.86. The first-order valence-electron chi connectivity index (χ1n) is 6.95. The number of carbonyl (C=O) groups excluding carboxylic acids is 2. The van der Waals surface area contributed by atoms with Crippen molar-refractivity contribution < 1.29 is 19.4 Å². The van der Waals surface area contributed by atoms with E-state index in [-0.39, 0.29) is 22.2 Å². The molecule has 0 fully saturated rings. The lowest BCUT2D eigenvalue weighted by atomic mass is 10.1.